The normalized spacial score (nSPS) is 10.2. The quantitative estimate of drug-likeness (QED) is 0.250. The molecule has 0 aliphatic heterocycles. The van der Waals surface area contributed by atoms with Crippen molar-refractivity contribution in [2.45, 2.75) is 54.5 Å². The van der Waals surface area contributed by atoms with Gasteiger partial charge in [0.25, 0.3) is 5.91 Å². The summed E-state index contributed by atoms with van der Waals surface area (Å²) in [5.41, 5.74) is 11.2. The van der Waals surface area contributed by atoms with Crippen LogP contribution in [0.2, 0.25) is 0 Å². The molecule has 0 spiro atoms. The Morgan fingerprint density at radius 1 is 0.750 bits per heavy atom. The maximum absolute atomic E-state index is 12.5. The largest absolute Gasteiger partial charge is 0.478 e. The van der Waals surface area contributed by atoms with Gasteiger partial charge in [-0.25, -0.2) is 4.79 Å². The maximum Gasteiger partial charge on any atom is 0.336 e. The van der Waals surface area contributed by atoms with E-state index in [0.29, 0.717) is 17.7 Å². The van der Waals surface area contributed by atoms with E-state index in [1.165, 1.54) is 27.8 Å². The van der Waals surface area contributed by atoms with Gasteiger partial charge in [0.1, 0.15) is 0 Å². The van der Waals surface area contributed by atoms with Gasteiger partial charge in [0.05, 0.1) is 5.56 Å². The SMILES string of the molecule is CC(C)=C(C)c1cc(C(=O)NCc2ccccc2C)ccc1C.CCc1ccc(-c2ccccc2C(=O)O)cc1. The Morgan fingerprint density at radius 3 is 2.02 bits per heavy atom. The van der Waals surface area contributed by atoms with E-state index in [2.05, 4.69) is 52.9 Å². The number of carboxylic acid groups (broad SMARTS) is 1. The van der Waals surface area contributed by atoms with Gasteiger partial charge in [-0.05, 0) is 104 Å². The van der Waals surface area contributed by atoms with Gasteiger partial charge < -0.3 is 10.4 Å². The van der Waals surface area contributed by atoms with Crippen LogP contribution in [-0.2, 0) is 13.0 Å². The van der Waals surface area contributed by atoms with Crippen LogP contribution >= 0.6 is 0 Å². The number of nitrogens with one attached hydrogen (secondary N) is 1. The van der Waals surface area contributed by atoms with Gasteiger partial charge in [0.2, 0.25) is 0 Å². The average molecular weight is 534 g/mol. The Balaban J connectivity index is 0.000000230. The van der Waals surface area contributed by atoms with Crippen LogP contribution in [0.4, 0.5) is 0 Å². The fourth-order valence-electron chi connectivity index (χ4n) is 4.36. The molecule has 0 aliphatic carbocycles. The Morgan fingerprint density at radius 2 is 1.40 bits per heavy atom. The molecule has 1 amide bonds. The lowest BCUT2D eigenvalue weighted by atomic mass is 9.96. The highest BCUT2D eigenvalue weighted by Crippen LogP contribution is 2.25. The minimum atomic E-state index is -0.889. The van der Waals surface area contributed by atoms with E-state index in [0.717, 1.165) is 28.7 Å². The smallest absolute Gasteiger partial charge is 0.336 e. The molecule has 0 aromatic heterocycles. The summed E-state index contributed by atoms with van der Waals surface area (Å²) >= 11 is 0. The van der Waals surface area contributed by atoms with E-state index < -0.39 is 5.97 Å². The van der Waals surface area contributed by atoms with Gasteiger partial charge in [-0.3, -0.25) is 4.79 Å². The van der Waals surface area contributed by atoms with E-state index in [4.69, 9.17) is 5.11 Å². The fraction of sp³-hybridized carbons (Fsp3) is 0.222. The third kappa shape index (κ3) is 7.79. The molecule has 2 N–H and O–H groups in total. The van der Waals surface area contributed by atoms with Crippen LogP contribution in [0, 0.1) is 13.8 Å². The number of benzene rings is 4. The first kappa shape index (κ1) is 30.1. The van der Waals surface area contributed by atoms with Crippen LogP contribution in [0.3, 0.4) is 0 Å². The molecule has 0 radical (unpaired) electrons. The molecule has 0 unspecified atom stereocenters. The summed E-state index contributed by atoms with van der Waals surface area (Å²) in [4.78, 5) is 23.6. The Kier molecular flexibility index (Phi) is 10.6. The molecular weight excluding hydrogens is 494 g/mol. The Bertz CT molecular complexity index is 1510. The summed E-state index contributed by atoms with van der Waals surface area (Å²) in [6.45, 7) is 13.1. The molecule has 4 nitrogen and oxygen atoms in total. The average Bonchev–Trinajstić information content (AvgIpc) is 2.96. The molecule has 4 aromatic rings. The maximum atomic E-state index is 12.5. The highest BCUT2D eigenvalue weighted by atomic mass is 16.4. The summed E-state index contributed by atoms with van der Waals surface area (Å²) < 4.78 is 0. The van der Waals surface area contributed by atoms with E-state index in [9.17, 15) is 9.59 Å². The van der Waals surface area contributed by atoms with Crippen molar-refractivity contribution in [1.29, 1.82) is 0 Å². The number of carboxylic acids is 1. The molecular formula is C36H39NO3. The third-order valence-corrected chi connectivity index (χ3v) is 7.19. The first-order valence-electron chi connectivity index (χ1n) is 13.6. The standard InChI is InChI=1S/C21H25NO.C15H14O2/c1-14(2)17(5)20-12-18(11-10-16(20)4)21(23)22-13-19-9-7-6-8-15(19)3;1-2-11-7-9-12(10-8-11)13-5-3-4-6-14(13)15(16)17/h6-12H,13H2,1-5H3,(H,22,23);3-10H,2H2,1H3,(H,16,17). The zero-order chi connectivity index (χ0) is 29.2. The van der Waals surface area contributed by atoms with Gasteiger partial charge in [0.15, 0.2) is 0 Å². The molecule has 40 heavy (non-hydrogen) atoms. The van der Waals surface area contributed by atoms with Gasteiger partial charge in [-0.15, -0.1) is 0 Å². The zero-order valence-electron chi connectivity index (χ0n) is 24.3. The van der Waals surface area contributed by atoms with Gasteiger partial charge in [0, 0.05) is 12.1 Å². The number of hydrogen-bond donors (Lipinski definition) is 2. The summed E-state index contributed by atoms with van der Waals surface area (Å²) in [6, 6.07) is 29.1. The van der Waals surface area contributed by atoms with Gasteiger partial charge in [-0.2, -0.15) is 0 Å². The lowest BCUT2D eigenvalue weighted by molar-refractivity contribution is 0.0697. The summed E-state index contributed by atoms with van der Waals surface area (Å²) in [7, 11) is 0. The minimum Gasteiger partial charge on any atom is -0.478 e. The highest BCUT2D eigenvalue weighted by molar-refractivity contribution is 5.96. The van der Waals surface area contributed by atoms with Crippen LogP contribution < -0.4 is 5.32 Å². The van der Waals surface area contributed by atoms with Gasteiger partial charge in [-0.1, -0.05) is 85.3 Å². The lowest BCUT2D eigenvalue weighted by Gasteiger charge is -2.12. The second-order valence-corrected chi connectivity index (χ2v) is 10.2. The number of allylic oxidation sites excluding steroid dienone is 2. The number of carbonyl (C=O) groups excluding carboxylic acids is 1. The Hall–Kier alpha value is -4.44. The predicted octanol–water partition coefficient (Wildman–Crippen LogP) is 8.66. The molecule has 206 valence electrons. The van der Waals surface area contributed by atoms with Crippen molar-refractivity contribution in [3.05, 3.63) is 136 Å². The fourth-order valence-corrected chi connectivity index (χ4v) is 4.36. The zero-order valence-corrected chi connectivity index (χ0v) is 24.3. The van der Waals surface area contributed by atoms with E-state index in [1.807, 2.05) is 72.8 Å². The Labute approximate surface area is 238 Å². The molecule has 0 saturated carbocycles. The van der Waals surface area contributed by atoms with Gasteiger partial charge >= 0.3 is 5.97 Å². The van der Waals surface area contributed by atoms with Crippen molar-refractivity contribution in [3.63, 3.8) is 0 Å². The van der Waals surface area contributed by atoms with E-state index in [1.54, 1.807) is 12.1 Å². The summed E-state index contributed by atoms with van der Waals surface area (Å²) in [6.07, 6.45) is 0.987. The number of aromatic carboxylic acids is 1. The van der Waals surface area contributed by atoms with Crippen molar-refractivity contribution >= 4 is 17.4 Å². The van der Waals surface area contributed by atoms with Crippen molar-refractivity contribution in [2.24, 2.45) is 0 Å². The minimum absolute atomic E-state index is 0.0314. The monoisotopic (exact) mass is 533 g/mol. The van der Waals surface area contributed by atoms with Crippen LogP contribution in [0.1, 0.15) is 76.2 Å². The topological polar surface area (TPSA) is 66.4 Å². The molecule has 0 bridgehead atoms. The van der Waals surface area contributed by atoms with Crippen LogP contribution in [0.25, 0.3) is 16.7 Å². The highest BCUT2D eigenvalue weighted by Gasteiger charge is 2.11. The van der Waals surface area contributed by atoms with Crippen molar-refractivity contribution in [3.8, 4) is 11.1 Å². The van der Waals surface area contributed by atoms with E-state index in [-0.39, 0.29) is 5.91 Å². The summed E-state index contributed by atoms with van der Waals surface area (Å²) in [5.74, 6) is -0.920. The number of aryl methyl sites for hydroxylation is 3. The van der Waals surface area contributed by atoms with Crippen molar-refractivity contribution < 1.29 is 14.7 Å². The first-order chi connectivity index (χ1) is 19.1. The second-order valence-electron chi connectivity index (χ2n) is 10.2. The van der Waals surface area contributed by atoms with Crippen LogP contribution in [0.5, 0.6) is 0 Å². The molecule has 4 rings (SSSR count). The lowest BCUT2D eigenvalue weighted by Crippen LogP contribution is -2.23. The van der Waals surface area contributed by atoms with Crippen LogP contribution in [0.15, 0.2) is 96.6 Å². The molecule has 4 heteroatoms. The van der Waals surface area contributed by atoms with E-state index >= 15 is 0 Å². The number of rotatable bonds is 7. The number of carbonyl (C=O) groups is 2. The predicted molar refractivity (Wildman–Crippen MR) is 166 cm³/mol. The second kappa shape index (κ2) is 14.1. The molecule has 0 aliphatic rings. The van der Waals surface area contributed by atoms with Crippen molar-refractivity contribution in [2.75, 3.05) is 0 Å². The van der Waals surface area contributed by atoms with Crippen LogP contribution in [-0.4, -0.2) is 17.0 Å². The molecule has 0 atom stereocenters. The van der Waals surface area contributed by atoms with Crippen molar-refractivity contribution in [1.82, 2.24) is 5.32 Å². The summed E-state index contributed by atoms with van der Waals surface area (Å²) in [5, 5.41) is 12.1. The molecule has 4 aromatic carbocycles. The molecule has 0 fully saturated rings. The third-order valence-electron chi connectivity index (χ3n) is 7.19. The molecule has 0 heterocycles. The first-order valence-corrected chi connectivity index (χ1v) is 13.6. The number of amides is 1. The molecule has 0 saturated heterocycles. The number of hydrogen-bond acceptors (Lipinski definition) is 2.